The number of imidazole rings is 1. The number of amides is 1. The van der Waals surface area contributed by atoms with Crippen molar-refractivity contribution in [2.75, 3.05) is 32.2 Å². The summed E-state index contributed by atoms with van der Waals surface area (Å²) in [5.41, 5.74) is 0.320. The van der Waals surface area contributed by atoms with Gasteiger partial charge in [0.25, 0.3) is 14.4 Å². The minimum Gasteiger partial charge on any atom is -0.400 e. The molecule has 2 saturated heterocycles. The Kier molecular flexibility index (Phi) is 9.62. The molecule has 0 saturated carbocycles. The molecule has 14 heteroatoms. The van der Waals surface area contributed by atoms with Crippen LogP contribution in [0.4, 0.5) is 5.82 Å². The normalized spacial score (nSPS) is 24.3. The Morgan fingerprint density at radius 2 is 2.10 bits per heavy atom. The third-order valence-corrected chi connectivity index (χ3v) is 8.84. The summed E-state index contributed by atoms with van der Waals surface area (Å²) in [6.45, 7) is 16.0. The summed E-state index contributed by atoms with van der Waals surface area (Å²) < 4.78 is 43.5. The lowest BCUT2D eigenvalue weighted by Gasteiger charge is -2.37. The molecule has 2 bridgehead atoms. The fourth-order valence-corrected chi connectivity index (χ4v) is 6.80. The second kappa shape index (κ2) is 13.9. The highest BCUT2D eigenvalue weighted by molar-refractivity contribution is 7.44. The van der Waals surface area contributed by atoms with Crippen molar-refractivity contribution >= 4 is 31.4 Å². The number of anilines is 1. The van der Waals surface area contributed by atoms with Gasteiger partial charge in [-0.15, -0.1) is 0 Å². The summed E-state index contributed by atoms with van der Waals surface area (Å²) in [6.07, 6.45) is 1.09. The second-order valence-corrected chi connectivity index (χ2v) is 11.7. The summed E-state index contributed by atoms with van der Waals surface area (Å²) in [5.74, 6) is -0.0383. The quantitative estimate of drug-likeness (QED) is 0.188. The molecule has 5 atom stereocenters. The molecule has 2 N–H and O–H groups in total. The van der Waals surface area contributed by atoms with E-state index in [9.17, 15) is 4.79 Å². The van der Waals surface area contributed by atoms with Gasteiger partial charge < -0.3 is 33.8 Å². The maximum Gasteiger partial charge on any atom is 0.259 e. The average molecular weight is 603 g/mol. The molecule has 2 aromatic heterocycles. The van der Waals surface area contributed by atoms with Gasteiger partial charge in [-0.25, -0.2) is 26.2 Å². The van der Waals surface area contributed by atoms with Crippen LogP contribution in [0, 0.1) is 6.57 Å². The van der Waals surface area contributed by atoms with Crippen LogP contribution in [0.15, 0.2) is 43.0 Å². The first-order valence-corrected chi connectivity index (χ1v) is 14.7. The zero-order chi connectivity index (χ0) is 31.9. The zero-order valence-corrected chi connectivity index (χ0v) is 25.2. The van der Waals surface area contributed by atoms with Gasteiger partial charge in [-0.3, -0.25) is 9.36 Å². The molecule has 226 valence electrons. The van der Waals surface area contributed by atoms with Gasteiger partial charge in [0.05, 0.1) is 12.9 Å². The number of fused-ring (bicyclic) bond motifs is 3. The van der Waals surface area contributed by atoms with Gasteiger partial charge in [0.1, 0.15) is 30.7 Å². The van der Waals surface area contributed by atoms with E-state index in [0.29, 0.717) is 16.7 Å². The molecule has 1 aromatic carbocycles. The number of nitrogens with one attached hydrogen (secondary N) is 1. The Hall–Kier alpha value is -3.08. The van der Waals surface area contributed by atoms with Crippen LogP contribution in [0.2, 0.25) is 0 Å². The van der Waals surface area contributed by atoms with E-state index >= 15 is 0 Å². The van der Waals surface area contributed by atoms with Crippen LogP contribution in [0.1, 0.15) is 52.6 Å². The number of rotatable bonds is 11. The molecule has 3 aromatic rings. The number of aromatic nitrogens is 4. The molecule has 0 radical (unpaired) electrons. The van der Waals surface area contributed by atoms with Crippen LogP contribution in [-0.2, 0) is 18.5 Å². The standard InChI is InChI=1S/C27H34N7O5P.CH4O/c1-17(2)34(18(3)4)40(37-13-12-28-6)39-22-21-26(38-27(22,5)14-36-21)33-16-31-20-23(29-15-30-24(20)33)32-25(35)19-10-8-7-9-11-19;1-2/h7-11,15-18,21-22,26H,12-14H2,1-5H3,(H,29,30,32,35);2H,1H3/t21?,22?,26-,27+,40?;/m1./s1/i5D;2T. The summed E-state index contributed by atoms with van der Waals surface area (Å²) >= 11 is 0. The van der Waals surface area contributed by atoms with Crippen molar-refractivity contribution in [2.45, 2.75) is 70.7 Å². The number of benzene rings is 1. The lowest BCUT2D eigenvalue weighted by atomic mass is 10.0. The Bertz CT molecular complexity index is 1420. The predicted octanol–water partition coefficient (Wildman–Crippen LogP) is 4.04. The first kappa shape index (κ1) is 29.0. The highest BCUT2D eigenvalue weighted by Crippen LogP contribution is 2.55. The van der Waals surface area contributed by atoms with Crippen LogP contribution >= 0.6 is 8.53 Å². The van der Waals surface area contributed by atoms with Crippen molar-refractivity contribution < 1.29 is 29.8 Å². The third kappa shape index (κ3) is 6.45. The van der Waals surface area contributed by atoms with Crippen LogP contribution in [0.25, 0.3) is 16.0 Å². The Morgan fingerprint density at radius 1 is 1.36 bits per heavy atom. The molecule has 0 aliphatic carbocycles. The molecule has 5 rings (SSSR count). The monoisotopic (exact) mass is 602 g/mol. The first-order chi connectivity index (χ1) is 21.2. The van der Waals surface area contributed by atoms with Crippen molar-refractivity contribution in [3.05, 3.63) is 60.0 Å². The molecule has 13 nitrogen and oxygen atoms in total. The fraction of sp³-hybridized carbons (Fsp3) is 0.536. The van der Waals surface area contributed by atoms with Gasteiger partial charge in [-0.1, -0.05) is 18.2 Å². The van der Waals surface area contributed by atoms with Crippen molar-refractivity contribution in [1.82, 2.24) is 24.2 Å². The number of hydrogen-bond donors (Lipinski definition) is 2. The topological polar surface area (TPSA) is 137 Å². The Balaban J connectivity index is 0.00000141. The van der Waals surface area contributed by atoms with Crippen LogP contribution in [0.5, 0.6) is 0 Å². The summed E-state index contributed by atoms with van der Waals surface area (Å²) in [5, 5.41) is 6.32. The maximum absolute atomic E-state index is 12.8. The Morgan fingerprint density at radius 3 is 2.76 bits per heavy atom. The summed E-state index contributed by atoms with van der Waals surface area (Å²) in [6, 6.07) is 9.09. The maximum atomic E-state index is 12.8. The van der Waals surface area contributed by atoms with E-state index in [-0.39, 0.29) is 50.5 Å². The highest BCUT2D eigenvalue weighted by atomic mass is 31.2. The number of ether oxygens (including phenoxy) is 2. The van der Waals surface area contributed by atoms with Crippen molar-refractivity contribution in [1.29, 1.82) is 1.43 Å². The van der Waals surface area contributed by atoms with Gasteiger partial charge in [0.2, 0.25) is 7.98 Å². The first-order valence-electron chi connectivity index (χ1n) is 14.7. The lowest BCUT2D eigenvalue weighted by Crippen LogP contribution is -2.40. The molecular formula is C28H38N7O6P. The zero-order valence-electron chi connectivity index (χ0n) is 26.3. The largest absolute Gasteiger partial charge is 0.400 e. The smallest absolute Gasteiger partial charge is 0.259 e. The molecule has 2 aliphatic heterocycles. The molecule has 2 fully saturated rings. The van der Waals surface area contributed by atoms with E-state index < -0.39 is 32.6 Å². The molecule has 1 amide bonds. The molecule has 2 aliphatic rings. The van der Waals surface area contributed by atoms with Gasteiger partial charge in [0.15, 0.2) is 23.2 Å². The second-order valence-electron chi connectivity index (χ2n) is 10.3. The van der Waals surface area contributed by atoms with Crippen molar-refractivity contribution in [3.63, 3.8) is 0 Å². The average Bonchev–Trinajstić information content (AvgIpc) is 3.68. The van der Waals surface area contributed by atoms with E-state index in [2.05, 4.69) is 62.6 Å². The van der Waals surface area contributed by atoms with Crippen LogP contribution in [0.3, 0.4) is 0 Å². The van der Waals surface area contributed by atoms with E-state index in [0.717, 1.165) is 0 Å². The molecular weight excluding hydrogens is 561 g/mol. The minimum absolute atomic E-state index is 0.0841. The van der Waals surface area contributed by atoms with Crippen LogP contribution in [-0.4, -0.2) is 93.4 Å². The van der Waals surface area contributed by atoms with E-state index in [1.165, 1.54) is 13.4 Å². The fourth-order valence-electron chi connectivity index (χ4n) is 5.00. The lowest BCUT2D eigenvalue weighted by molar-refractivity contribution is -0.164. The Labute approximate surface area is 249 Å². The number of carbonyl (C=O) groups is 1. The predicted molar refractivity (Wildman–Crippen MR) is 157 cm³/mol. The molecule has 3 unspecified atom stereocenters. The third-order valence-electron chi connectivity index (χ3n) is 6.73. The number of hydrogen-bond acceptors (Lipinski definition) is 10. The number of carbonyl (C=O) groups excluding carboxylic acids is 1. The number of aliphatic hydroxyl groups excluding tert-OH is 1. The molecule has 42 heavy (non-hydrogen) atoms. The minimum atomic E-state index is -1.58. The summed E-state index contributed by atoms with van der Waals surface area (Å²) in [7, 11) is -0.285. The van der Waals surface area contributed by atoms with E-state index in [4.69, 9.17) is 27.9 Å². The van der Waals surface area contributed by atoms with E-state index in [1.54, 1.807) is 35.2 Å². The summed E-state index contributed by atoms with van der Waals surface area (Å²) in [4.78, 5) is 29.4. The number of nitrogens with zero attached hydrogens (tertiary/aromatic N) is 6. The van der Waals surface area contributed by atoms with E-state index in [1.807, 2.05) is 6.07 Å². The highest BCUT2D eigenvalue weighted by Gasteiger charge is 2.62. The van der Waals surface area contributed by atoms with Crippen molar-refractivity contribution in [3.8, 4) is 0 Å². The molecule has 0 spiro atoms. The molecule has 4 heterocycles. The van der Waals surface area contributed by atoms with Gasteiger partial charge >= 0.3 is 0 Å². The van der Waals surface area contributed by atoms with Gasteiger partial charge in [-0.2, -0.15) is 0 Å². The SMILES string of the molecule is [2H]C[C@]12COC(C1OP(OCC[N+]#[C-])N(C(C)C)C(C)C)[C@H](n1cnc3c(NC(=O)c4ccccc4)ncnc31)O2.[3H]OC. The van der Waals surface area contributed by atoms with Crippen LogP contribution < -0.4 is 5.32 Å². The number of aliphatic hydroxyl groups is 1. The van der Waals surface area contributed by atoms with Crippen molar-refractivity contribution in [2.24, 2.45) is 0 Å². The van der Waals surface area contributed by atoms with Gasteiger partial charge in [-0.05, 0) is 46.7 Å². The van der Waals surface area contributed by atoms with Gasteiger partial charge in [0, 0.05) is 26.1 Å².